The first-order valence-electron chi connectivity index (χ1n) is 8.57. The van der Waals surface area contributed by atoms with Gasteiger partial charge in [-0.2, -0.15) is 13.2 Å². The average Bonchev–Trinajstić information content (AvgIpc) is 3.19. The van der Waals surface area contributed by atoms with Crippen LogP contribution in [0.25, 0.3) is 0 Å². The molecule has 1 aromatic carbocycles. The molecule has 1 heterocycles. The SMILES string of the molecule is CN=C(NCCc1nc(C(F)(F)F)cs1)NCc1cc(OC)c(OC)c(OC)c1.I. The lowest BCUT2D eigenvalue weighted by molar-refractivity contribution is -0.140. The second-order valence-corrected chi connectivity index (χ2v) is 6.70. The first-order chi connectivity index (χ1) is 13.8. The zero-order valence-corrected chi connectivity index (χ0v) is 20.1. The van der Waals surface area contributed by atoms with Gasteiger partial charge in [-0.3, -0.25) is 4.99 Å². The summed E-state index contributed by atoms with van der Waals surface area (Å²) in [6.07, 6.45) is -4.06. The van der Waals surface area contributed by atoms with E-state index >= 15 is 0 Å². The number of rotatable bonds is 8. The molecule has 7 nitrogen and oxygen atoms in total. The Labute approximate surface area is 194 Å². The lowest BCUT2D eigenvalue weighted by Gasteiger charge is -2.15. The highest BCUT2D eigenvalue weighted by Gasteiger charge is 2.33. The normalized spacial score (nSPS) is 11.5. The predicted molar refractivity (Wildman–Crippen MR) is 121 cm³/mol. The van der Waals surface area contributed by atoms with Gasteiger partial charge in [0.05, 0.1) is 26.3 Å². The molecule has 1 aromatic heterocycles. The van der Waals surface area contributed by atoms with Crippen LogP contribution in [0.3, 0.4) is 0 Å². The van der Waals surface area contributed by atoms with Crippen LogP contribution in [0.15, 0.2) is 22.5 Å². The lowest BCUT2D eigenvalue weighted by atomic mass is 10.2. The van der Waals surface area contributed by atoms with Crippen molar-refractivity contribution in [1.29, 1.82) is 0 Å². The van der Waals surface area contributed by atoms with Gasteiger partial charge < -0.3 is 24.8 Å². The molecule has 0 unspecified atom stereocenters. The number of methoxy groups -OCH3 is 3. The molecule has 0 saturated carbocycles. The monoisotopic (exact) mass is 560 g/mol. The fraction of sp³-hybridized carbons (Fsp3) is 0.444. The van der Waals surface area contributed by atoms with Gasteiger partial charge in [-0.1, -0.05) is 0 Å². The summed E-state index contributed by atoms with van der Waals surface area (Å²) in [5, 5.41) is 7.61. The van der Waals surface area contributed by atoms with Crippen molar-refractivity contribution in [3.63, 3.8) is 0 Å². The van der Waals surface area contributed by atoms with Crippen molar-refractivity contribution in [1.82, 2.24) is 15.6 Å². The van der Waals surface area contributed by atoms with Gasteiger partial charge in [0, 0.05) is 31.9 Å². The van der Waals surface area contributed by atoms with Crippen molar-refractivity contribution in [3.8, 4) is 17.2 Å². The summed E-state index contributed by atoms with van der Waals surface area (Å²) in [6, 6.07) is 3.63. The number of aliphatic imine (C=N–C) groups is 1. The fourth-order valence-corrected chi connectivity index (χ4v) is 3.29. The third-order valence-electron chi connectivity index (χ3n) is 3.88. The largest absolute Gasteiger partial charge is 0.493 e. The van der Waals surface area contributed by atoms with Crippen molar-refractivity contribution in [2.45, 2.75) is 19.1 Å². The van der Waals surface area contributed by atoms with Crippen LogP contribution in [0.4, 0.5) is 13.2 Å². The first kappa shape index (κ1) is 26.1. The first-order valence-corrected chi connectivity index (χ1v) is 9.45. The molecule has 12 heteroatoms. The second-order valence-electron chi connectivity index (χ2n) is 5.76. The number of hydrogen-bond donors (Lipinski definition) is 2. The van der Waals surface area contributed by atoms with Gasteiger partial charge in [-0.15, -0.1) is 35.3 Å². The molecule has 0 aliphatic rings. The van der Waals surface area contributed by atoms with Gasteiger partial charge in [-0.25, -0.2) is 4.98 Å². The summed E-state index contributed by atoms with van der Waals surface area (Å²) in [5.41, 5.74) is 0.0135. The van der Waals surface area contributed by atoms with Crippen LogP contribution >= 0.6 is 35.3 Å². The summed E-state index contributed by atoms with van der Waals surface area (Å²) in [6.45, 7) is 0.811. The Morgan fingerprint density at radius 1 is 1.10 bits per heavy atom. The lowest BCUT2D eigenvalue weighted by Crippen LogP contribution is -2.37. The van der Waals surface area contributed by atoms with Crippen LogP contribution < -0.4 is 24.8 Å². The average molecular weight is 560 g/mol. The number of alkyl halides is 3. The third-order valence-corrected chi connectivity index (χ3v) is 4.79. The maximum absolute atomic E-state index is 12.6. The Morgan fingerprint density at radius 3 is 2.20 bits per heavy atom. The molecule has 0 bridgehead atoms. The summed E-state index contributed by atoms with van der Waals surface area (Å²) in [5.74, 6) is 2.08. The Morgan fingerprint density at radius 2 is 1.73 bits per heavy atom. The van der Waals surface area contributed by atoms with Gasteiger partial charge in [0.15, 0.2) is 23.2 Å². The quantitative estimate of drug-likeness (QED) is 0.292. The maximum Gasteiger partial charge on any atom is 0.434 e. The maximum atomic E-state index is 12.6. The van der Waals surface area contributed by atoms with Crippen LogP contribution in [-0.2, 0) is 19.1 Å². The van der Waals surface area contributed by atoms with E-state index in [4.69, 9.17) is 14.2 Å². The number of nitrogens with zero attached hydrogens (tertiary/aromatic N) is 2. The zero-order valence-electron chi connectivity index (χ0n) is 16.9. The minimum absolute atomic E-state index is 0. The number of ether oxygens (including phenoxy) is 3. The highest BCUT2D eigenvalue weighted by molar-refractivity contribution is 14.0. The van der Waals surface area contributed by atoms with E-state index in [1.807, 2.05) is 12.1 Å². The minimum Gasteiger partial charge on any atom is -0.493 e. The van der Waals surface area contributed by atoms with E-state index < -0.39 is 11.9 Å². The Kier molecular flexibility index (Phi) is 10.5. The third kappa shape index (κ3) is 7.07. The summed E-state index contributed by atoms with van der Waals surface area (Å²) in [7, 11) is 6.22. The van der Waals surface area contributed by atoms with Crippen LogP contribution in [0.1, 0.15) is 16.3 Å². The van der Waals surface area contributed by atoms with E-state index in [2.05, 4.69) is 20.6 Å². The Bertz CT molecular complexity index is 821. The summed E-state index contributed by atoms with van der Waals surface area (Å²) >= 11 is 0.987. The van der Waals surface area contributed by atoms with Crippen LogP contribution in [-0.4, -0.2) is 45.9 Å². The highest BCUT2D eigenvalue weighted by Crippen LogP contribution is 2.38. The molecule has 2 rings (SSSR count). The van der Waals surface area contributed by atoms with Crippen molar-refractivity contribution in [2.75, 3.05) is 34.9 Å². The number of thiazole rings is 1. The molecule has 0 aliphatic heterocycles. The van der Waals surface area contributed by atoms with Gasteiger partial charge >= 0.3 is 6.18 Å². The number of nitrogens with one attached hydrogen (secondary N) is 2. The fourth-order valence-electron chi connectivity index (χ4n) is 2.49. The van der Waals surface area contributed by atoms with Crippen molar-refractivity contribution >= 4 is 41.3 Å². The molecule has 0 spiro atoms. The molecule has 0 saturated heterocycles. The van der Waals surface area contributed by atoms with Gasteiger partial charge in [-0.05, 0) is 17.7 Å². The predicted octanol–water partition coefficient (Wildman–Crippen LogP) is 3.71. The highest BCUT2D eigenvalue weighted by atomic mass is 127. The molecular weight excluding hydrogens is 536 g/mol. The van der Waals surface area contributed by atoms with Gasteiger partial charge in [0.25, 0.3) is 0 Å². The van der Waals surface area contributed by atoms with E-state index in [9.17, 15) is 13.2 Å². The minimum atomic E-state index is -4.42. The second kappa shape index (κ2) is 12.0. The molecule has 30 heavy (non-hydrogen) atoms. The number of aromatic nitrogens is 1. The van der Waals surface area contributed by atoms with Crippen LogP contribution in [0.5, 0.6) is 17.2 Å². The van der Waals surface area contributed by atoms with Gasteiger partial charge in [0.1, 0.15) is 0 Å². The zero-order chi connectivity index (χ0) is 21.4. The Balaban J connectivity index is 0.00000450. The molecule has 168 valence electrons. The van der Waals surface area contributed by atoms with Crippen LogP contribution in [0.2, 0.25) is 0 Å². The molecule has 0 fully saturated rings. The van der Waals surface area contributed by atoms with Crippen LogP contribution in [0, 0.1) is 0 Å². The number of guanidine groups is 1. The van der Waals surface area contributed by atoms with Crippen molar-refractivity contribution in [2.24, 2.45) is 4.99 Å². The van der Waals surface area contributed by atoms with E-state index in [-0.39, 0.29) is 24.0 Å². The molecule has 0 amide bonds. The van der Waals surface area contributed by atoms with Gasteiger partial charge in [0.2, 0.25) is 5.75 Å². The van der Waals surface area contributed by atoms with E-state index in [1.165, 1.54) is 21.3 Å². The topological polar surface area (TPSA) is 77.0 Å². The standard InChI is InChI=1S/C18H23F3N4O3S.HI/c1-22-17(23-6-5-15-25-14(10-29-15)18(19,20)21)24-9-11-7-12(26-2)16(28-4)13(8-11)27-3;/h7-8,10H,5-6,9H2,1-4H3,(H2,22,23,24);1H. The molecule has 2 N–H and O–H groups in total. The summed E-state index contributed by atoms with van der Waals surface area (Å²) < 4.78 is 53.7. The summed E-state index contributed by atoms with van der Waals surface area (Å²) in [4.78, 5) is 7.71. The Hall–Kier alpha value is -1.96. The van der Waals surface area contributed by atoms with E-state index in [0.29, 0.717) is 47.7 Å². The molecule has 2 aromatic rings. The number of benzene rings is 1. The molecule has 0 radical (unpaired) electrons. The smallest absolute Gasteiger partial charge is 0.434 e. The molecule has 0 aliphatic carbocycles. The molecular formula is C18H24F3IN4O3S. The van der Waals surface area contributed by atoms with Crippen molar-refractivity contribution < 1.29 is 27.4 Å². The van der Waals surface area contributed by atoms with E-state index in [1.54, 1.807) is 7.05 Å². The molecule has 0 atom stereocenters. The number of hydrogen-bond acceptors (Lipinski definition) is 6. The number of halogens is 4. The van der Waals surface area contributed by atoms with E-state index in [0.717, 1.165) is 22.3 Å². The van der Waals surface area contributed by atoms with Crippen molar-refractivity contribution in [3.05, 3.63) is 33.8 Å².